The largest absolute Gasteiger partial charge is 0.454 e. The van der Waals surface area contributed by atoms with Crippen LogP contribution in [0.1, 0.15) is 35.7 Å². The first-order valence-corrected chi connectivity index (χ1v) is 8.38. The van der Waals surface area contributed by atoms with Gasteiger partial charge < -0.3 is 15.4 Å². The summed E-state index contributed by atoms with van der Waals surface area (Å²) in [7, 11) is 0. The third-order valence-electron chi connectivity index (χ3n) is 4.26. The van der Waals surface area contributed by atoms with E-state index in [1.807, 2.05) is 6.07 Å². The number of carbonyl (C=O) groups is 3. The molecule has 150 valence electrons. The van der Waals surface area contributed by atoms with Gasteiger partial charge >= 0.3 is 12.1 Å². The molecule has 2 N–H and O–H groups in total. The molecule has 0 spiro atoms. The van der Waals surface area contributed by atoms with Gasteiger partial charge in [-0.25, -0.2) is 0 Å². The highest BCUT2D eigenvalue weighted by molar-refractivity contribution is 5.96. The third-order valence-corrected chi connectivity index (χ3v) is 4.26. The number of nitrogens with one attached hydrogen (secondary N) is 2. The van der Waals surface area contributed by atoms with Crippen LogP contribution in [0.5, 0.6) is 0 Å². The number of amides is 2. The maximum Gasteiger partial charge on any atom is 0.416 e. The van der Waals surface area contributed by atoms with Gasteiger partial charge in [0, 0.05) is 5.56 Å². The van der Waals surface area contributed by atoms with Crippen LogP contribution < -0.4 is 10.6 Å². The van der Waals surface area contributed by atoms with E-state index in [0.29, 0.717) is 0 Å². The first-order valence-electron chi connectivity index (χ1n) is 8.38. The van der Waals surface area contributed by atoms with Crippen molar-refractivity contribution in [1.82, 2.24) is 10.6 Å². The van der Waals surface area contributed by atoms with E-state index in [2.05, 4.69) is 10.6 Å². The van der Waals surface area contributed by atoms with Crippen molar-refractivity contribution in [1.29, 1.82) is 5.26 Å². The van der Waals surface area contributed by atoms with Crippen molar-refractivity contribution in [3.8, 4) is 6.07 Å². The Morgan fingerprint density at radius 3 is 2.32 bits per heavy atom. The number of alkyl halides is 3. The molecule has 1 atom stereocenters. The summed E-state index contributed by atoms with van der Waals surface area (Å²) >= 11 is 0. The van der Waals surface area contributed by atoms with Crippen molar-refractivity contribution in [2.75, 3.05) is 13.2 Å². The molecule has 28 heavy (non-hydrogen) atoms. The second-order valence-corrected chi connectivity index (χ2v) is 6.56. The summed E-state index contributed by atoms with van der Waals surface area (Å²) in [6, 6.07) is 5.51. The third kappa shape index (κ3) is 5.70. The molecule has 1 saturated carbocycles. The zero-order chi connectivity index (χ0) is 20.9. The Morgan fingerprint density at radius 2 is 1.82 bits per heavy atom. The average Bonchev–Trinajstić information content (AvgIpc) is 3.49. The van der Waals surface area contributed by atoms with E-state index in [0.717, 1.165) is 37.1 Å². The molecular weight excluding hydrogens is 379 g/mol. The van der Waals surface area contributed by atoms with Crippen LogP contribution in [0.25, 0.3) is 0 Å². The SMILES string of the molecule is C[C@](C#N)(NC(=O)COC(=O)CNC(=O)c1ccc(C(F)(F)F)cc1)C1CC1. The van der Waals surface area contributed by atoms with Gasteiger partial charge in [0.2, 0.25) is 0 Å². The van der Waals surface area contributed by atoms with E-state index < -0.39 is 48.2 Å². The van der Waals surface area contributed by atoms with Gasteiger partial charge in [0.25, 0.3) is 11.8 Å². The van der Waals surface area contributed by atoms with Crippen LogP contribution in [0.15, 0.2) is 24.3 Å². The number of hydrogen-bond donors (Lipinski definition) is 2. The van der Waals surface area contributed by atoms with Crippen LogP contribution in [0.4, 0.5) is 13.2 Å². The number of ether oxygens (including phenoxy) is 1. The molecule has 1 aliphatic rings. The molecule has 0 radical (unpaired) electrons. The van der Waals surface area contributed by atoms with Crippen LogP contribution in [0.2, 0.25) is 0 Å². The lowest BCUT2D eigenvalue weighted by atomic mass is 9.98. The summed E-state index contributed by atoms with van der Waals surface area (Å²) in [5, 5.41) is 13.9. The highest BCUT2D eigenvalue weighted by Gasteiger charge is 2.43. The molecule has 7 nitrogen and oxygen atoms in total. The van der Waals surface area contributed by atoms with Gasteiger partial charge in [0.05, 0.1) is 11.6 Å². The number of rotatable bonds is 7. The maximum atomic E-state index is 12.5. The summed E-state index contributed by atoms with van der Waals surface area (Å²) in [6.07, 6.45) is -2.85. The number of carbonyl (C=O) groups excluding carboxylic acids is 3. The van der Waals surface area contributed by atoms with Crippen LogP contribution >= 0.6 is 0 Å². The number of halogens is 3. The highest BCUT2D eigenvalue weighted by Crippen LogP contribution is 2.39. The second kappa shape index (κ2) is 8.29. The topological polar surface area (TPSA) is 108 Å². The molecule has 1 fully saturated rings. The molecule has 0 saturated heterocycles. The van der Waals surface area contributed by atoms with E-state index in [-0.39, 0.29) is 11.5 Å². The van der Waals surface area contributed by atoms with Gasteiger partial charge in [-0.05, 0) is 49.9 Å². The molecule has 0 aromatic heterocycles. The average molecular weight is 397 g/mol. The normalized spacial score (nSPS) is 15.7. The van der Waals surface area contributed by atoms with Gasteiger partial charge in [-0.15, -0.1) is 0 Å². The quantitative estimate of drug-likeness (QED) is 0.682. The molecule has 2 amide bonds. The van der Waals surface area contributed by atoms with E-state index >= 15 is 0 Å². The van der Waals surface area contributed by atoms with Gasteiger partial charge in [0.15, 0.2) is 6.61 Å². The second-order valence-electron chi connectivity index (χ2n) is 6.56. The summed E-state index contributed by atoms with van der Waals surface area (Å²) in [6.45, 7) is 0.416. The summed E-state index contributed by atoms with van der Waals surface area (Å²) in [4.78, 5) is 35.3. The Labute approximate surface area is 158 Å². The summed E-state index contributed by atoms with van der Waals surface area (Å²) in [5.41, 5.74) is -1.97. The lowest BCUT2D eigenvalue weighted by Gasteiger charge is -2.22. The van der Waals surface area contributed by atoms with Crippen molar-refractivity contribution in [3.05, 3.63) is 35.4 Å². The van der Waals surface area contributed by atoms with Gasteiger partial charge in [-0.2, -0.15) is 18.4 Å². The van der Waals surface area contributed by atoms with E-state index in [1.54, 1.807) is 6.92 Å². The zero-order valence-electron chi connectivity index (χ0n) is 14.9. The zero-order valence-corrected chi connectivity index (χ0v) is 14.9. The minimum Gasteiger partial charge on any atom is -0.454 e. The Hall–Kier alpha value is -3.09. The standard InChI is InChI=1S/C18H18F3N3O4/c1-17(10-22,12-6-7-12)24-14(25)9-28-15(26)8-23-16(27)11-2-4-13(5-3-11)18(19,20)21/h2-5,12H,6-9H2,1H3,(H,23,27)(H,24,25)/t17-/m1/s1. The Morgan fingerprint density at radius 1 is 1.21 bits per heavy atom. The minimum atomic E-state index is -4.51. The van der Waals surface area contributed by atoms with Crippen LogP contribution in [0.3, 0.4) is 0 Å². The first-order chi connectivity index (χ1) is 13.0. The van der Waals surface area contributed by atoms with Gasteiger partial charge in [-0.3, -0.25) is 14.4 Å². The number of hydrogen-bond acceptors (Lipinski definition) is 5. The van der Waals surface area contributed by atoms with Crippen LogP contribution in [0, 0.1) is 17.2 Å². The maximum absolute atomic E-state index is 12.5. The van der Waals surface area contributed by atoms with Crippen LogP contribution in [-0.2, 0) is 20.5 Å². The predicted molar refractivity (Wildman–Crippen MR) is 89.6 cm³/mol. The number of nitrogens with zero attached hydrogens (tertiary/aromatic N) is 1. The minimum absolute atomic E-state index is 0.0623. The van der Waals surface area contributed by atoms with Crippen molar-refractivity contribution in [2.45, 2.75) is 31.5 Å². The molecule has 10 heteroatoms. The number of nitriles is 1. The molecule has 0 unspecified atom stereocenters. The molecule has 1 aromatic rings. The molecule has 0 heterocycles. The molecule has 1 aliphatic carbocycles. The van der Waals surface area contributed by atoms with Gasteiger partial charge in [0.1, 0.15) is 12.1 Å². The lowest BCUT2D eigenvalue weighted by molar-refractivity contribution is -0.147. The number of esters is 1. The van der Waals surface area contributed by atoms with Gasteiger partial charge in [-0.1, -0.05) is 0 Å². The summed E-state index contributed by atoms with van der Waals surface area (Å²) < 4.78 is 42.2. The lowest BCUT2D eigenvalue weighted by Crippen LogP contribution is -2.48. The van der Waals surface area contributed by atoms with Crippen molar-refractivity contribution in [3.63, 3.8) is 0 Å². The predicted octanol–water partition coefficient (Wildman–Crippen LogP) is 1.79. The monoisotopic (exact) mass is 397 g/mol. The Kier molecular flexibility index (Phi) is 6.28. The fourth-order valence-corrected chi connectivity index (χ4v) is 2.47. The van der Waals surface area contributed by atoms with E-state index in [1.165, 1.54) is 0 Å². The Balaban J connectivity index is 1.75. The molecule has 0 aliphatic heterocycles. The van der Waals surface area contributed by atoms with Crippen LogP contribution in [-0.4, -0.2) is 36.5 Å². The van der Waals surface area contributed by atoms with Crippen molar-refractivity contribution in [2.24, 2.45) is 5.92 Å². The van der Waals surface area contributed by atoms with Crippen molar-refractivity contribution >= 4 is 17.8 Å². The summed E-state index contributed by atoms with van der Waals surface area (Å²) in [5.74, 6) is -2.24. The first kappa shape index (κ1) is 21.2. The van der Waals surface area contributed by atoms with E-state index in [4.69, 9.17) is 10.00 Å². The molecular formula is C18H18F3N3O4. The smallest absolute Gasteiger partial charge is 0.416 e. The van der Waals surface area contributed by atoms with E-state index in [9.17, 15) is 27.6 Å². The Bertz CT molecular complexity index is 798. The molecule has 1 aromatic carbocycles. The highest BCUT2D eigenvalue weighted by atomic mass is 19.4. The number of benzene rings is 1. The van der Waals surface area contributed by atoms with Crippen molar-refractivity contribution < 1.29 is 32.3 Å². The fraction of sp³-hybridized carbons (Fsp3) is 0.444. The molecule has 2 rings (SSSR count). The fourth-order valence-electron chi connectivity index (χ4n) is 2.47. The molecule has 0 bridgehead atoms.